The van der Waals surface area contributed by atoms with Crippen LogP contribution in [0.4, 0.5) is 26.3 Å². The van der Waals surface area contributed by atoms with E-state index in [1.807, 2.05) is 0 Å². The molecule has 6 nitrogen and oxygen atoms in total. The van der Waals surface area contributed by atoms with E-state index >= 15 is 0 Å². The molecule has 0 aliphatic carbocycles. The second-order valence-electron chi connectivity index (χ2n) is 7.69. The number of pyridine rings is 1. The number of methoxy groups -OCH3 is 1. The highest BCUT2D eigenvalue weighted by Gasteiger charge is 2.55. The van der Waals surface area contributed by atoms with Crippen LogP contribution in [0, 0.1) is 0 Å². The predicted molar refractivity (Wildman–Crippen MR) is 113 cm³/mol. The standard InChI is InChI=1S/C22H20F6N2O4S/c1-3-5-16-20(19(32)33-2,34-13-10-17(35-12-13)22(26,27)28)7-4-9-30(16)18(31)14-11-29-8-6-15(14)21(23,24)25/h3,6,8,10-12,16H,1,4-5,7,9H2,2H3/t16-,20+/m1/s1. The van der Waals surface area contributed by atoms with Gasteiger partial charge in [-0.3, -0.25) is 9.78 Å². The van der Waals surface area contributed by atoms with Crippen molar-refractivity contribution in [2.24, 2.45) is 0 Å². The van der Waals surface area contributed by atoms with Gasteiger partial charge < -0.3 is 14.4 Å². The molecule has 1 aliphatic rings. The predicted octanol–water partition coefficient (Wildman–Crippen LogP) is 5.35. The number of carbonyl (C=O) groups is 2. The van der Waals surface area contributed by atoms with Crippen molar-refractivity contribution in [2.75, 3.05) is 13.7 Å². The fourth-order valence-electron chi connectivity index (χ4n) is 4.07. The lowest BCUT2D eigenvalue weighted by Gasteiger charge is -2.47. The molecule has 1 fully saturated rings. The van der Waals surface area contributed by atoms with Crippen LogP contribution in [-0.4, -0.2) is 47.1 Å². The number of rotatable bonds is 6. The summed E-state index contributed by atoms with van der Waals surface area (Å²) < 4.78 is 90.6. The van der Waals surface area contributed by atoms with Gasteiger partial charge in [-0.15, -0.1) is 17.9 Å². The van der Waals surface area contributed by atoms with Gasteiger partial charge in [0.15, 0.2) is 0 Å². The lowest BCUT2D eigenvalue weighted by molar-refractivity contribution is -0.169. The van der Waals surface area contributed by atoms with Gasteiger partial charge in [0.1, 0.15) is 10.6 Å². The normalized spacial score (nSPS) is 20.9. The number of piperidine rings is 1. The van der Waals surface area contributed by atoms with Crippen LogP contribution in [0.2, 0.25) is 0 Å². The van der Waals surface area contributed by atoms with Crippen molar-refractivity contribution >= 4 is 23.2 Å². The van der Waals surface area contributed by atoms with Crippen molar-refractivity contribution in [1.82, 2.24) is 9.88 Å². The van der Waals surface area contributed by atoms with Gasteiger partial charge in [-0.05, 0) is 18.9 Å². The number of likely N-dealkylation sites (tertiary alicyclic amines) is 1. The molecule has 0 bridgehead atoms. The second kappa shape index (κ2) is 9.88. The van der Waals surface area contributed by atoms with Gasteiger partial charge in [0.25, 0.3) is 5.91 Å². The molecule has 1 saturated heterocycles. The number of carbonyl (C=O) groups excluding carboxylic acids is 2. The van der Waals surface area contributed by atoms with Crippen LogP contribution in [0.15, 0.2) is 42.6 Å². The largest absolute Gasteiger partial charge is 0.472 e. The van der Waals surface area contributed by atoms with Crippen molar-refractivity contribution in [3.8, 4) is 5.75 Å². The van der Waals surface area contributed by atoms with Gasteiger partial charge in [-0.2, -0.15) is 26.3 Å². The zero-order valence-corrected chi connectivity index (χ0v) is 19.1. The minimum Gasteiger partial charge on any atom is -0.472 e. The van der Waals surface area contributed by atoms with Gasteiger partial charge in [0.2, 0.25) is 5.60 Å². The highest BCUT2D eigenvalue weighted by atomic mass is 32.1. The molecule has 0 aromatic carbocycles. The van der Waals surface area contributed by atoms with Crippen molar-refractivity contribution in [3.05, 3.63) is 58.6 Å². The van der Waals surface area contributed by atoms with E-state index < -0.39 is 51.9 Å². The van der Waals surface area contributed by atoms with Crippen LogP contribution in [0.5, 0.6) is 5.75 Å². The van der Waals surface area contributed by atoms with Crippen molar-refractivity contribution < 1.29 is 45.4 Å². The van der Waals surface area contributed by atoms with Gasteiger partial charge >= 0.3 is 18.3 Å². The zero-order valence-electron chi connectivity index (χ0n) is 18.3. The molecular weight excluding hydrogens is 502 g/mol. The maximum absolute atomic E-state index is 13.5. The molecule has 190 valence electrons. The summed E-state index contributed by atoms with van der Waals surface area (Å²) in [6.07, 6.45) is -6.55. The molecule has 0 spiro atoms. The molecule has 0 saturated carbocycles. The van der Waals surface area contributed by atoms with E-state index in [2.05, 4.69) is 11.6 Å². The summed E-state index contributed by atoms with van der Waals surface area (Å²) in [5.74, 6) is -2.33. The molecule has 2 aromatic heterocycles. The first-order chi connectivity index (χ1) is 16.3. The molecule has 3 rings (SSSR count). The number of hydrogen-bond acceptors (Lipinski definition) is 6. The van der Waals surface area contributed by atoms with Crippen LogP contribution >= 0.6 is 11.3 Å². The summed E-state index contributed by atoms with van der Waals surface area (Å²) in [4.78, 5) is 30.0. The summed E-state index contributed by atoms with van der Waals surface area (Å²) in [5, 5.41) is 1.06. The molecule has 2 atom stereocenters. The number of esters is 1. The maximum atomic E-state index is 13.5. The number of thiophene rings is 1. The molecule has 1 amide bonds. The lowest BCUT2D eigenvalue weighted by atomic mass is 9.81. The Kier molecular flexibility index (Phi) is 7.48. The number of amides is 1. The first-order valence-electron chi connectivity index (χ1n) is 10.2. The molecular formula is C22H20F6N2O4S. The van der Waals surface area contributed by atoms with Gasteiger partial charge in [0, 0.05) is 36.8 Å². The number of ether oxygens (including phenoxy) is 2. The maximum Gasteiger partial charge on any atom is 0.425 e. The quantitative estimate of drug-likeness (QED) is 0.291. The van der Waals surface area contributed by atoms with Crippen LogP contribution in [0.1, 0.15) is 40.1 Å². The molecule has 2 aromatic rings. The highest BCUT2D eigenvalue weighted by Crippen LogP contribution is 2.42. The van der Waals surface area contributed by atoms with E-state index in [9.17, 15) is 35.9 Å². The Balaban J connectivity index is 2.07. The van der Waals surface area contributed by atoms with E-state index in [0.29, 0.717) is 23.5 Å². The number of hydrogen-bond donors (Lipinski definition) is 0. The van der Waals surface area contributed by atoms with Gasteiger partial charge in [-0.25, -0.2) is 4.79 Å². The van der Waals surface area contributed by atoms with Crippen molar-refractivity contribution in [2.45, 2.75) is 43.3 Å². The number of aromatic nitrogens is 1. The first-order valence-corrected chi connectivity index (χ1v) is 11.1. The third-order valence-electron chi connectivity index (χ3n) is 5.56. The van der Waals surface area contributed by atoms with Crippen molar-refractivity contribution in [1.29, 1.82) is 0 Å². The SMILES string of the molecule is C=CC[C@H]1N(C(=O)c2cnccc2C(F)(F)F)CCC[C@@]1(Oc1csc(C(F)(F)F)c1)C(=O)OC. The van der Waals surface area contributed by atoms with E-state index in [4.69, 9.17) is 9.47 Å². The summed E-state index contributed by atoms with van der Waals surface area (Å²) in [5.41, 5.74) is -3.93. The van der Waals surface area contributed by atoms with Crippen molar-refractivity contribution in [3.63, 3.8) is 0 Å². The summed E-state index contributed by atoms with van der Waals surface area (Å²) >= 11 is 0.350. The van der Waals surface area contributed by atoms with E-state index in [-0.39, 0.29) is 31.6 Å². The average Bonchev–Trinajstić information content (AvgIpc) is 3.27. The third kappa shape index (κ3) is 5.29. The average molecular weight is 522 g/mol. The molecule has 13 heteroatoms. The zero-order chi connectivity index (χ0) is 26.0. The second-order valence-corrected chi connectivity index (χ2v) is 8.60. The minimum atomic E-state index is -4.85. The third-order valence-corrected chi connectivity index (χ3v) is 6.51. The Morgan fingerprint density at radius 1 is 1.29 bits per heavy atom. The Bertz CT molecular complexity index is 1100. The van der Waals surface area contributed by atoms with Crippen LogP contribution in [0.25, 0.3) is 0 Å². The number of alkyl halides is 6. The first kappa shape index (κ1) is 26.5. The van der Waals surface area contributed by atoms with Crippen LogP contribution in [0.3, 0.4) is 0 Å². The lowest BCUT2D eigenvalue weighted by Crippen LogP contribution is -2.65. The fraction of sp³-hybridized carbons (Fsp3) is 0.409. The number of halogens is 6. The monoisotopic (exact) mass is 522 g/mol. The molecule has 0 unspecified atom stereocenters. The van der Waals surface area contributed by atoms with E-state index in [1.165, 1.54) is 6.08 Å². The molecule has 35 heavy (non-hydrogen) atoms. The Morgan fingerprint density at radius 3 is 2.57 bits per heavy atom. The summed E-state index contributed by atoms with van der Waals surface area (Å²) in [6, 6.07) is 0.154. The topological polar surface area (TPSA) is 68.7 Å². The van der Waals surface area contributed by atoms with Crippen LogP contribution < -0.4 is 4.74 Å². The Labute approximate surface area is 200 Å². The summed E-state index contributed by atoms with van der Waals surface area (Å²) in [7, 11) is 1.04. The Morgan fingerprint density at radius 2 is 2.00 bits per heavy atom. The fourth-order valence-corrected chi connectivity index (χ4v) is 4.75. The molecule has 0 radical (unpaired) electrons. The Hall–Kier alpha value is -3.09. The molecule has 3 heterocycles. The smallest absolute Gasteiger partial charge is 0.425 e. The van der Waals surface area contributed by atoms with Gasteiger partial charge in [-0.1, -0.05) is 6.08 Å². The summed E-state index contributed by atoms with van der Waals surface area (Å²) in [6.45, 7) is 3.55. The van der Waals surface area contributed by atoms with Gasteiger partial charge in [0.05, 0.1) is 24.3 Å². The minimum absolute atomic E-state index is 0.0386. The van der Waals surface area contributed by atoms with Crippen LogP contribution in [-0.2, 0) is 21.9 Å². The van der Waals surface area contributed by atoms with E-state index in [0.717, 1.165) is 29.8 Å². The molecule has 0 N–H and O–H groups in total. The van der Waals surface area contributed by atoms with E-state index in [1.54, 1.807) is 0 Å². The number of nitrogens with zero attached hydrogens (tertiary/aromatic N) is 2. The molecule has 1 aliphatic heterocycles. The highest BCUT2D eigenvalue weighted by molar-refractivity contribution is 7.10.